The summed E-state index contributed by atoms with van der Waals surface area (Å²) < 4.78 is 8.62. The molecule has 0 saturated carbocycles. The predicted octanol–water partition coefficient (Wildman–Crippen LogP) is 3.31. The van der Waals surface area contributed by atoms with Crippen molar-refractivity contribution in [3.8, 4) is 0 Å². The molecule has 0 aliphatic carbocycles. The summed E-state index contributed by atoms with van der Waals surface area (Å²) in [7, 11) is 3.86. The molecular formula is C16H23BrN4O2. The SMILES string of the molecule is CC(=O)[C@@H](OC(C)(C)C)c1c(C)nc2nc(Br)cn2c1N(C)C. The quantitative estimate of drug-likeness (QED) is 0.811. The summed E-state index contributed by atoms with van der Waals surface area (Å²) in [6, 6.07) is 0. The fraction of sp³-hybridized carbons (Fsp3) is 0.562. The van der Waals surface area contributed by atoms with Crippen molar-refractivity contribution in [2.24, 2.45) is 0 Å². The van der Waals surface area contributed by atoms with Gasteiger partial charge in [0.15, 0.2) is 5.78 Å². The monoisotopic (exact) mass is 382 g/mol. The van der Waals surface area contributed by atoms with Crippen molar-refractivity contribution in [1.82, 2.24) is 14.4 Å². The number of halogens is 1. The third kappa shape index (κ3) is 3.72. The van der Waals surface area contributed by atoms with Crippen LogP contribution in [0.15, 0.2) is 10.8 Å². The highest BCUT2D eigenvalue weighted by Crippen LogP contribution is 2.34. The highest BCUT2D eigenvalue weighted by molar-refractivity contribution is 9.10. The first-order chi connectivity index (χ1) is 10.5. The fourth-order valence-corrected chi connectivity index (χ4v) is 2.90. The van der Waals surface area contributed by atoms with E-state index in [4.69, 9.17) is 4.74 Å². The molecule has 0 spiro atoms. The van der Waals surface area contributed by atoms with E-state index >= 15 is 0 Å². The van der Waals surface area contributed by atoms with Crippen LogP contribution < -0.4 is 4.90 Å². The van der Waals surface area contributed by atoms with Gasteiger partial charge in [0.1, 0.15) is 16.5 Å². The summed E-state index contributed by atoms with van der Waals surface area (Å²) in [4.78, 5) is 23.1. The van der Waals surface area contributed by atoms with Crippen LogP contribution >= 0.6 is 15.9 Å². The van der Waals surface area contributed by atoms with Gasteiger partial charge in [0.05, 0.1) is 16.9 Å². The minimum absolute atomic E-state index is 0.0496. The van der Waals surface area contributed by atoms with Crippen molar-refractivity contribution < 1.29 is 9.53 Å². The molecule has 0 bridgehead atoms. The molecule has 2 heterocycles. The Balaban J connectivity index is 2.77. The van der Waals surface area contributed by atoms with Gasteiger partial charge in [-0.3, -0.25) is 9.20 Å². The third-order valence-corrected chi connectivity index (χ3v) is 3.69. The Bertz CT molecular complexity index is 747. The maximum Gasteiger partial charge on any atom is 0.236 e. The molecule has 0 aromatic carbocycles. The highest BCUT2D eigenvalue weighted by Gasteiger charge is 2.31. The lowest BCUT2D eigenvalue weighted by atomic mass is 10.0. The van der Waals surface area contributed by atoms with Gasteiger partial charge in [-0.05, 0) is 50.5 Å². The summed E-state index contributed by atoms with van der Waals surface area (Å²) in [5, 5.41) is 0. The molecule has 2 rings (SSSR count). The van der Waals surface area contributed by atoms with Gasteiger partial charge in [-0.1, -0.05) is 0 Å². The second-order valence-electron chi connectivity index (χ2n) is 6.78. The van der Waals surface area contributed by atoms with Gasteiger partial charge in [-0.2, -0.15) is 0 Å². The Hall–Kier alpha value is -1.47. The lowest BCUT2D eigenvalue weighted by molar-refractivity contribution is -0.138. The van der Waals surface area contributed by atoms with Crippen molar-refractivity contribution in [3.05, 3.63) is 22.1 Å². The van der Waals surface area contributed by atoms with E-state index < -0.39 is 11.7 Å². The number of hydrogen-bond donors (Lipinski definition) is 0. The normalized spacial score (nSPS) is 13.4. The van der Waals surface area contributed by atoms with E-state index in [1.807, 2.05) is 57.3 Å². The number of imidazole rings is 1. The minimum Gasteiger partial charge on any atom is -0.363 e. The van der Waals surface area contributed by atoms with Crippen LogP contribution in [0.1, 0.15) is 45.1 Å². The molecule has 0 radical (unpaired) electrons. The first-order valence-corrected chi connectivity index (χ1v) is 8.21. The molecule has 2 aromatic heterocycles. The van der Waals surface area contributed by atoms with Crippen LogP contribution in [0.4, 0.5) is 5.82 Å². The molecule has 23 heavy (non-hydrogen) atoms. The molecule has 0 fully saturated rings. The average Bonchev–Trinajstić information content (AvgIpc) is 2.72. The van der Waals surface area contributed by atoms with Crippen LogP contribution in [0, 0.1) is 6.92 Å². The second kappa shape index (κ2) is 6.20. The van der Waals surface area contributed by atoms with Crippen molar-refractivity contribution in [2.45, 2.75) is 46.3 Å². The van der Waals surface area contributed by atoms with Crippen LogP contribution in [0.2, 0.25) is 0 Å². The van der Waals surface area contributed by atoms with Crippen LogP contribution in [-0.4, -0.2) is 39.8 Å². The number of carbonyl (C=O) groups excluding carboxylic acids is 1. The summed E-state index contributed by atoms with van der Waals surface area (Å²) in [6.07, 6.45) is 1.17. The maximum absolute atomic E-state index is 12.3. The number of rotatable bonds is 4. The first-order valence-electron chi connectivity index (χ1n) is 7.42. The number of ketones is 1. The average molecular weight is 383 g/mol. The minimum atomic E-state index is -0.675. The summed E-state index contributed by atoms with van der Waals surface area (Å²) in [5.74, 6) is 1.38. The van der Waals surface area contributed by atoms with E-state index in [0.717, 1.165) is 17.1 Å². The van der Waals surface area contributed by atoms with Crippen molar-refractivity contribution in [2.75, 3.05) is 19.0 Å². The van der Waals surface area contributed by atoms with Crippen molar-refractivity contribution >= 4 is 33.3 Å². The zero-order valence-corrected chi connectivity index (χ0v) is 16.2. The van der Waals surface area contributed by atoms with E-state index in [1.54, 1.807) is 6.92 Å². The van der Waals surface area contributed by atoms with E-state index in [9.17, 15) is 4.79 Å². The molecule has 0 aliphatic rings. The standard InChI is InChI=1S/C16H23BrN4O2/c1-9-12(13(10(2)22)23-16(3,4)5)14(20(6)7)21-8-11(17)19-15(21)18-9/h8,13H,1-7H3/t13-/m1/s1. The van der Waals surface area contributed by atoms with E-state index in [2.05, 4.69) is 25.9 Å². The molecule has 2 aromatic rings. The molecule has 6 nitrogen and oxygen atoms in total. The number of Topliss-reactive ketones (excluding diaryl/α,β-unsaturated/α-hetero) is 1. The number of fused-ring (bicyclic) bond motifs is 1. The number of aromatic nitrogens is 3. The Morgan fingerprint density at radius 1 is 1.35 bits per heavy atom. The zero-order valence-electron chi connectivity index (χ0n) is 14.6. The fourth-order valence-electron chi connectivity index (χ4n) is 2.54. The number of anilines is 1. The van der Waals surface area contributed by atoms with Crippen LogP contribution in [0.3, 0.4) is 0 Å². The molecule has 0 saturated heterocycles. The van der Waals surface area contributed by atoms with E-state index in [0.29, 0.717) is 10.4 Å². The Labute approximate surface area is 145 Å². The van der Waals surface area contributed by atoms with E-state index in [-0.39, 0.29) is 5.78 Å². The van der Waals surface area contributed by atoms with Crippen molar-refractivity contribution in [3.63, 3.8) is 0 Å². The first kappa shape index (κ1) is 17.9. The second-order valence-corrected chi connectivity index (χ2v) is 7.60. The molecule has 126 valence electrons. The van der Waals surface area contributed by atoms with Crippen LogP contribution in [-0.2, 0) is 9.53 Å². The van der Waals surface area contributed by atoms with Crippen LogP contribution in [0.5, 0.6) is 0 Å². The third-order valence-electron chi connectivity index (χ3n) is 3.31. The Morgan fingerprint density at radius 2 is 1.96 bits per heavy atom. The zero-order chi connectivity index (χ0) is 17.5. The molecule has 0 unspecified atom stereocenters. The topological polar surface area (TPSA) is 59.7 Å². The van der Waals surface area contributed by atoms with Crippen LogP contribution in [0.25, 0.3) is 5.78 Å². The molecule has 1 atom stereocenters. The number of hydrogen-bond acceptors (Lipinski definition) is 5. The summed E-state index contributed by atoms with van der Waals surface area (Å²) >= 11 is 3.38. The van der Waals surface area contributed by atoms with Gasteiger partial charge in [-0.15, -0.1) is 0 Å². The lowest BCUT2D eigenvalue weighted by Crippen LogP contribution is -2.29. The van der Waals surface area contributed by atoms with Gasteiger partial charge in [0.25, 0.3) is 0 Å². The number of carbonyl (C=O) groups is 1. The Kier molecular flexibility index (Phi) is 4.82. The molecular weight excluding hydrogens is 360 g/mol. The number of aryl methyl sites for hydroxylation is 1. The van der Waals surface area contributed by atoms with Gasteiger partial charge in [0, 0.05) is 20.3 Å². The van der Waals surface area contributed by atoms with Gasteiger partial charge >= 0.3 is 0 Å². The van der Waals surface area contributed by atoms with E-state index in [1.165, 1.54) is 0 Å². The van der Waals surface area contributed by atoms with Gasteiger partial charge in [0.2, 0.25) is 5.78 Å². The molecule has 0 aliphatic heterocycles. The van der Waals surface area contributed by atoms with Gasteiger partial charge in [-0.25, -0.2) is 9.97 Å². The molecule has 0 N–H and O–H groups in total. The smallest absolute Gasteiger partial charge is 0.236 e. The highest BCUT2D eigenvalue weighted by atomic mass is 79.9. The predicted molar refractivity (Wildman–Crippen MR) is 94.0 cm³/mol. The summed E-state index contributed by atoms with van der Waals surface area (Å²) in [5.41, 5.74) is 1.06. The molecule has 7 heteroatoms. The lowest BCUT2D eigenvalue weighted by Gasteiger charge is -2.30. The largest absolute Gasteiger partial charge is 0.363 e. The number of ether oxygens (including phenoxy) is 1. The maximum atomic E-state index is 12.3. The van der Waals surface area contributed by atoms with Gasteiger partial charge < -0.3 is 9.64 Å². The Morgan fingerprint density at radius 3 is 2.43 bits per heavy atom. The van der Waals surface area contributed by atoms with Crippen molar-refractivity contribution in [1.29, 1.82) is 0 Å². The number of nitrogens with zero attached hydrogens (tertiary/aromatic N) is 4. The summed E-state index contributed by atoms with van der Waals surface area (Å²) in [6.45, 7) is 9.24. The molecule has 0 amide bonds.